The van der Waals surface area contributed by atoms with Crippen LogP contribution in [0.5, 0.6) is 0 Å². The van der Waals surface area contributed by atoms with Crippen molar-refractivity contribution in [1.29, 1.82) is 0 Å². The van der Waals surface area contributed by atoms with Gasteiger partial charge in [-0.15, -0.1) is 0 Å². The van der Waals surface area contributed by atoms with Crippen molar-refractivity contribution >= 4 is 17.8 Å². The van der Waals surface area contributed by atoms with Crippen LogP contribution in [0.15, 0.2) is 0 Å². The van der Waals surface area contributed by atoms with E-state index in [1.807, 2.05) is 0 Å². The molecular weight excluding hydrogens is 250 g/mol. The fourth-order valence-corrected chi connectivity index (χ4v) is 1.50. The maximum Gasteiger partial charge on any atom is 0.325 e. The predicted octanol–water partition coefficient (Wildman–Crippen LogP) is 0.553. The SMILES string of the molecule is CC(C)(C)ONC(=O)CCN1C(=O)NC(C)(C)C1=O. The molecule has 0 unspecified atom stereocenters. The fraction of sp³-hybridized carbons (Fsp3) is 0.750. The Kier molecular flexibility index (Phi) is 4.19. The molecule has 1 rings (SSSR count). The first-order chi connectivity index (χ1) is 8.53. The highest BCUT2D eigenvalue weighted by atomic mass is 16.7. The normalized spacial score (nSPS) is 18.5. The minimum absolute atomic E-state index is 0.00528. The Labute approximate surface area is 112 Å². The summed E-state index contributed by atoms with van der Waals surface area (Å²) in [6.45, 7) is 8.67. The monoisotopic (exact) mass is 271 g/mol. The summed E-state index contributed by atoms with van der Waals surface area (Å²) in [5.41, 5.74) is 0.893. The number of hydrogen-bond acceptors (Lipinski definition) is 4. The molecule has 0 atom stereocenters. The lowest BCUT2D eigenvalue weighted by Crippen LogP contribution is -2.41. The van der Waals surface area contributed by atoms with Gasteiger partial charge in [-0.05, 0) is 34.6 Å². The highest BCUT2D eigenvalue weighted by Gasteiger charge is 2.43. The van der Waals surface area contributed by atoms with Crippen LogP contribution in [-0.4, -0.2) is 40.4 Å². The lowest BCUT2D eigenvalue weighted by molar-refractivity contribution is -0.146. The van der Waals surface area contributed by atoms with Gasteiger partial charge in [0.2, 0.25) is 5.91 Å². The molecule has 1 fully saturated rings. The average molecular weight is 271 g/mol. The van der Waals surface area contributed by atoms with Crippen LogP contribution in [0.2, 0.25) is 0 Å². The molecule has 19 heavy (non-hydrogen) atoms. The first kappa shape index (κ1) is 15.4. The summed E-state index contributed by atoms with van der Waals surface area (Å²) >= 11 is 0. The molecule has 1 heterocycles. The molecule has 0 aromatic carbocycles. The Morgan fingerprint density at radius 1 is 1.37 bits per heavy atom. The minimum Gasteiger partial charge on any atom is -0.324 e. The molecule has 108 valence electrons. The summed E-state index contributed by atoms with van der Waals surface area (Å²) in [5.74, 6) is -0.706. The van der Waals surface area contributed by atoms with Gasteiger partial charge in [0, 0.05) is 13.0 Å². The van der Waals surface area contributed by atoms with Crippen LogP contribution < -0.4 is 10.8 Å². The first-order valence-corrected chi connectivity index (χ1v) is 6.14. The van der Waals surface area contributed by atoms with Crippen molar-refractivity contribution in [1.82, 2.24) is 15.7 Å². The Balaban J connectivity index is 2.43. The van der Waals surface area contributed by atoms with Crippen molar-refractivity contribution in [3.8, 4) is 0 Å². The van der Waals surface area contributed by atoms with E-state index >= 15 is 0 Å². The zero-order valence-corrected chi connectivity index (χ0v) is 12.0. The zero-order valence-electron chi connectivity index (χ0n) is 12.0. The number of rotatable bonds is 4. The molecule has 0 saturated carbocycles. The van der Waals surface area contributed by atoms with Gasteiger partial charge in [0.15, 0.2) is 0 Å². The van der Waals surface area contributed by atoms with E-state index in [1.165, 1.54) is 0 Å². The minimum atomic E-state index is -0.907. The Bertz CT molecular complexity index is 398. The van der Waals surface area contributed by atoms with Gasteiger partial charge in [0.1, 0.15) is 5.54 Å². The van der Waals surface area contributed by atoms with Gasteiger partial charge in [0.25, 0.3) is 5.91 Å². The number of carbonyl (C=O) groups excluding carboxylic acids is 3. The molecular formula is C12H21N3O4. The molecule has 7 nitrogen and oxygen atoms in total. The van der Waals surface area contributed by atoms with E-state index in [4.69, 9.17) is 4.84 Å². The van der Waals surface area contributed by atoms with E-state index in [1.54, 1.807) is 34.6 Å². The van der Waals surface area contributed by atoms with E-state index in [0.717, 1.165) is 4.90 Å². The van der Waals surface area contributed by atoms with Gasteiger partial charge in [-0.3, -0.25) is 19.3 Å². The molecule has 0 aromatic rings. The first-order valence-electron chi connectivity index (χ1n) is 6.14. The van der Waals surface area contributed by atoms with Crippen molar-refractivity contribution in [2.75, 3.05) is 6.54 Å². The van der Waals surface area contributed by atoms with Crippen LogP contribution >= 0.6 is 0 Å². The molecule has 1 aliphatic rings. The van der Waals surface area contributed by atoms with Crippen LogP contribution in [0.3, 0.4) is 0 Å². The number of imide groups is 1. The quantitative estimate of drug-likeness (QED) is 0.577. The molecule has 0 aliphatic carbocycles. The second kappa shape index (κ2) is 5.16. The van der Waals surface area contributed by atoms with Crippen molar-refractivity contribution in [3.05, 3.63) is 0 Å². The van der Waals surface area contributed by atoms with E-state index < -0.39 is 17.2 Å². The smallest absolute Gasteiger partial charge is 0.324 e. The number of hydrogen-bond donors (Lipinski definition) is 2. The molecule has 0 radical (unpaired) electrons. The third-order valence-corrected chi connectivity index (χ3v) is 2.48. The Morgan fingerprint density at radius 2 is 1.95 bits per heavy atom. The van der Waals surface area contributed by atoms with E-state index in [2.05, 4.69) is 10.8 Å². The van der Waals surface area contributed by atoms with Gasteiger partial charge in [-0.2, -0.15) is 0 Å². The lowest BCUT2D eigenvalue weighted by Gasteiger charge is -2.19. The van der Waals surface area contributed by atoms with Crippen molar-refractivity contribution < 1.29 is 19.2 Å². The van der Waals surface area contributed by atoms with Gasteiger partial charge in [0.05, 0.1) is 5.60 Å². The fourth-order valence-electron chi connectivity index (χ4n) is 1.50. The van der Waals surface area contributed by atoms with Crippen LogP contribution in [0.4, 0.5) is 4.79 Å². The van der Waals surface area contributed by atoms with Gasteiger partial charge >= 0.3 is 6.03 Å². The summed E-state index contributed by atoms with van der Waals surface area (Å²) in [5, 5.41) is 2.55. The molecule has 7 heteroatoms. The second-order valence-corrected chi connectivity index (χ2v) is 6.00. The Morgan fingerprint density at radius 3 is 2.37 bits per heavy atom. The largest absolute Gasteiger partial charge is 0.325 e. The van der Waals surface area contributed by atoms with Crippen molar-refractivity contribution in [2.45, 2.75) is 52.2 Å². The van der Waals surface area contributed by atoms with Gasteiger partial charge in [-0.1, -0.05) is 0 Å². The zero-order chi connectivity index (χ0) is 14.8. The number of carbonyl (C=O) groups is 3. The van der Waals surface area contributed by atoms with Gasteiger partial charge in [-0.25, -0.2) is 10.3 Å². The van der Waals surface area contributed by atoms with Gasteiger partial charge < -0.3 is 5.32 Å². The number of hydroxylamine groups is 1. The van der Waals surface area contributed by atoms with Crippen LogP contribution in [0, 0.1) is 0 Å². The summed E-state index contributed by atoms with van der Waals surface area (Å²) < 4.78 is 0. The number of nitrogens with zero attached hydrogens (tertiary/aromatic N) is 1. The van der Waals surface area contributed by atoms with E-state index in [9.17, 15) is 14.4 Å². The summed E-state index contributed by atoms with van der Waals surface area (Å²) in [7, 11) is 0. The number of urea groups is 1. The standard InChI is InChI=1S/C12H21N3O4/c1-11(2,3)19-14-8(16)6-7-15-9(17)12(4,5)13-10(15)18/h6-7H2,1-5H3,(H,13,18)(H,14,16). The summed E-state index contributed by atoms with van der Waals surface area (Å²) in [6.07, 6.45) is 0.00528. The molecule has 1 saturated heterocycles. The third-order valence-electron chi connectivity index (χ3n) is 2.48. The summed E-state index contributed by atoms with van der Waals surface area (Å²) in [6, 6.07) is -0.473. The topological polar surface area (TPSA) is 87.7 Å². The molecule has 0 bridgehead atoms. The van der Waals surface area contributed by atoms with Crippen molar-refractivity contribution in [2.24, 2.45) is 0 Å². The van der Waals surface area contributed by atoms with E-state index in [0.29, 0.717) is 0 Å². The third kappa shape index (κ3) is 4.20. The maximum absolute atomic E-state index is 11.8. The lowest BCUT2D eigenvalue weighted by atomic mass is 10.1. The summed E-state index contributed by atoms with van der Waals surface area (Å²) in [4.78, 5) is 41.1. The van der Waals surface area contributed by atoms with Crippen LogP contribution in [-0.2, 0) is 14.4 Å². The predicted molar refractivity (Wildman–Crippen MR) is 67.9 cm³/mol. The highest BCUT2D eigenvalue weighted by molar-refractivity contribution is 6.06. The van der Waals surface area contributed by atoms with Crippen LogP contribution in [0.25, 0.3) is 0 Å². The molecule has 1 aliphatic heterocycles. The highest BCUT2D eigenvalue weighted by Crippen LogP contribution is 2.16. The van der Waals surface area contributed by atoms with Crippen molar-refractivity contribution in [3.63, 3.8) is 0 Å². The number of amides is 4. The molecule has 4 amide bonds. The molecule has 0 spiro atoms. The molecule has 0 aromatic heterocycles. The molecule has 2 N–H and O–H groups in total. The van der Waals surface area contributed by atoms with Crippen LogP contribution in [0.1, 0.15) is 41.0 Å². The second-order valence-electron chi connectivity index (χ2n) is 6.00. The van der Waals surface area contributed by atoms with E-state index in [-0.39, 0.29) is 24.8 Å². The number of nitrogens with one attached hydrogen (secondary N) is 2. The average Bonchev–Trinajstić information content (AvgIpc) is 2.42. The Hall–Kier alpha value is -1.63. The maximum atomic E-state index is 11.8.